The molecule has 7 nitrogen and oxygen atoms in total. The normalized spacial score (nSPS) is 19.7. The second kappa shape index (κ2) is 7.33. The Morgan fingerprint density at radius 1 is 1.61 bits per heavy atom. The molecule has 1 aliphatic heterocycles. The molecule has 2 N–H and O–H groups in total. The van der Waals surface area contributed by atoms with E-state index in [2.05, 4.69) is 15.3 Å². The summed E-state index contributed by atoms with van der Waals surface area (Å²) in [7, 11) is 0. The van der Waals surface area contributed by atoms with E-state index in [-0.39, 0.29) is 19.6 Å². The van der Waals surface area contributed by atoms with Gasteiger partial charge in [0.25, 0.3) is 5.91 Å². The molecule has 23 heavy (non-hydrogen) atoms. The predicted molar refractivity (Wildman–Crippen MR) is 91.3 cm³/mol. The van der Waals surface area contributed by atoms with Crippen LogP contribution in [0.5, 0.6) is 0 Å². The molecule has 1 aromatic heterocycles. The third-order valence-corrected chi connectivity index (χ3v) is 4.71. The fraction of sp³-hybridized carbons (Fsp3) is 0.467. The Morgan fingerprint density at radius 3 is 2.87 bits per heavy atom. The van der Waals surface area contributed by atoms with Gasteiger partial charge < -0.3 is 15.2 Å². The highest BCUT2D eigenvalue weighted by molar-refractivity contribution is 8.04. The van der Waals surface area contributed by atoms with Crippen LogP contribution in [0.2, 0.25) is 0 Å². The fourth-order valence-electron chi connectivity index (χ4n) is 2.36. The molecule has 0 saturated carbocycles. The van der Waals surface area contributed by atoms with Crippen molar-refractivity contribution in [1.29, 1.82) is 5.26 Å². The number of hydrogen-bond acceptors (Lipinski definition) is 5. The van der Waals surface area contributed by atoms with Crippen LogP contribution in [0.3, 0.4) is 0 Å². The molecule has 8 heteroatoms. The summed E-state index contributed by atoms with van der Waals surface area (Å²) in [5.41, 5.74) is 0.859. The number of aromatic amines is 1. The lowest BCUT2D eigenvalue weighted by atomic mass is 10.2. The van der Waals surface area contributed by atoms with E-state index < -0.39 is 5.91 Å². The number of H-pyrrole nitrogens is 1. The first-order valence-corrected chi connectivity index (χ1v) is 8.30. The Bertz CT molecular complexity index is 698. The Balaban J connectivity index is 0.00000288. The second-order valence-electron chi connectivity index (χ2n) is 5.04. The molecular weight excluding hydrogens is 314 g/mol. The molecule has 0 aromatic carbocycles. The molecule has 2 amide bonds. The van der Waals surface area contributed by atoms with Crippen molar-refractivity contribution < 1.29 is 12.4 Å². The Morgan fingerprint density at radius 2 is 2.35 bits per heavy atom. The quantitative estimate of drug-likeness (QED) is 0.627. The van der Waals surface area contributed by atoms with Gasteiger partial charge in [-0.1, -0.05) is 11.8 Å². The minimum absolute atomic E-state index is 0. The standard InChI is InChI=1S/C15H19N5O2S.2H2/c1-4-17-13(21)11(7-16)15-20(5-2)14(22)12(23-15)6-10-8-18-9(3)19-10;;/h8,12H,4-6H2,1-3H3,(H,17,21)(H,18,19);2*1H/b15-11-;;. The average molecular weight is 337 g/mol. The number of likely N-dealkylation sites (N-methyl/N-ethyl adjacent to an activating group) is 1. The van der Waals surface area contributed by atoms with E-state index in [4.69, 9.17) is 0 Å². The number of nitrogens with zero attached hydrogens (tertiary/aromatic N) is 3. The van der Waals surface area contributed by atoms with Crippen molar-refractivity contribution in [3.63, 3.8) is 0 Å². The number of nitriles is 1. The number of imidazole rings is 1. The molecule has 0 bridgehead atoms. The molecule has 1 atom stereocenters. The summed E-state index contributed by atoms with van der Waals surface area (Å²) in [5.74, 6) is 0.261. The maximum absolute atomic E-state index is 12.6. The van der Waals surface area contributed by atoms with Crippen molar-refractivity contribution in [3.05, 3.63) is 28.3 Å². The largest absolute Gasteiger partial charge is 0.352 e. The number of aryl methyl sites for hydroxylation is 1. The Labute approximate surface area is 142 Å². The van der Waals surface area contributed by atoms with Gasteiger partial charge >= 0.3 is 0 Å². The van der Waals surface area contributed by atoms with Crippen LogP contribution < -0.4 is 5.32 Å². The third kappa shape index (κ3) is 3.56. The summed E-state index contributed by atoms with van der Waals surface area (Å²) in [4.78, 5) is 33.3. The fourth-order valence-corrected chi connectivity index (χ4v) is 3.73. The van der Waals surface area contributed by atoms with Crippen molar-refractivity contribution in [2.24, 2.45) is 0 Å². The van der Waals surface area contributed by atoms with Crippen molar-refractivity contribution >= 4 is 23.6 Å². The molecule has 0 spiro atoms. The molecule has 126 valence electrons. The van der Waals surface area contributed by atoms with Crippen molar-refractivity contribution in [2.45, 2.75) is 32.4 Å². The molecule has 2 rings (SSSR count). The number of aromatic nitrogens is 2. The Hall–Kier alpha value is -2.27. The molecule has 0 aliphatic carbocycles. The van der Waals surface area contributed by atoms with Crippen LogP contribution in [0.4, 0.5) is 0 Å². The van der Waals surface area contributed by atoms with Gasteiger partial charge in [0.2, 0.25) is 5.91 Å². The van der Waals surface area contributed by atoms with E-state index in [0.29, 0.717) is 24.5 Å². The van der Waals surface area contributed by atoms with Gasteiger partial charge in [-0.2, -0.15) is 5.26 Å². The third-order valence-electron chi connectivity index (χ3n) is 3.41. The highest BCUT2D eigenvalue weighted by Gasteiger charge is 2.39. The molecule has 2 heterocycles. The topological polar surface area (TPSA) is 102 Å². The van der Waals surface area contributed by atoms with Gasteiger partial charge in [0.05, 0.1) is 5.25 Å². The number of rotatable bonds is 5. The monoisotopic (exact) mass is 337 g/mol. The maximum atomic E-state index is 12.6. The van der Waals surface area contributed by atoms with Gasteiger partial charge in [0.15, 0.2) is 0 Å². The summed E-state index contributed by atoms with van der Waals surface area (Å²) in [5, 5.41) is 12.0. The summed E-state index contributed by atoms with van der Waals surface area (Å²) in [6, 6.07) is 1.93. The zero-order valence-electron chi connectivity index (χ0n) is 13.3. The zero-order chi connectivity index (χ0) is 17.0. The number of carbonyl (C=O) groups is 2. The number of nitrogens with one attached hydrogen (secondary N) is 2. The molecule has 1 fully saturated rings. The molecule has 1 aliphatic rings. The molecule has 0 radical (unpaired) electrons. The summed E-state index contributed by atoms with van der Waals surface area (Å²) >= 11 is 1.27. The molecular formula is C15H23N5O2S. The smallest absolute Gasteiger partial charge is 0.264 e. The van der Waals surface area contributed by atoms with E-state index in [1.807, 2.05) is 19.9 Å². The van der Waals surface area contributed by atoms with Crippen molar-refractivity contribution in [1.82, 2.24) is 20.2 Å². The SMILES string of the molecule is CCNC(=O)/C(C#N)=C1\SC(Cc2cnc(C)[nH]2)C(=O)N1CC.[HH].[HH]. The van der Waals surface area contributed by atoms with Crippen LogP contribution in [0.25, 0.3) is 0 Å². The minimum Gasteiger partial charge on any atom is -0.352 e. The second-order valence-corrected chi connectivity index (χ2v) is 6.23. The van der Waals surface area contributed by atoms with Crippen LogP contribution >= 0.6 is 11.8 Å². The van der Waals surface area contributed by atoms with E-state index in [0.717, 1.165) is 11.5 Å². The average Bonchev–Trinajstić information content (AvgIpc) is 3.05. The summed E-state index contributed by atoms with van der Waals surface area (Å²) in [6.07, 6.45) is 2.19. The van der Waals surface area contributed by atoms with Crippen LogP contribution in [0, 0.1) is 18.3 Å². The molecule has 1 aromatic rings. The maximum Gasteiger partial charge on any atom is 0.264 e. The van der Waals surface area contributed by atoms with E-state index in [1.54, 1.807) is 13.1 Å². The lowest BCUT2D eigenvalue weighted by molar-refractivity contribution is -0.127. The first-order chi connectivity index (χ1) is 11.0. The molecule has 1 unspecified atom stereocenters. The van der Waals surface area contributed by atoms with Crippen LogP contribution in [0.1, 0.15) is 28.2 Å². The molecule has 1 saturated heterocycles. The number of thioether (sulfide) groups is 1. The number of hydrogen-bond donors (Lipinski definition) is 2. The van der Waals surface area contributed by atoms with Crippen LogP contribution in [-0.2, 0) is 16.0 Å². The lowest BCUT2D eigenvalue weighted by Gasteiger charge is -2.15. The van der Waals surface area contributed by atoms with E-state index in [1.165, 1.54) is 16.7 Å². The van der Waals surface area contributed by atoms with Gasteiger partial charge in [-0.15, -0.1) is 0 Å². The van der Waals surface area contributed by atoms with Crippen LogP contribution in [0.15, 0.2) is 16.8 Å². The van der Waals surface area contributed by atoms with Gasteiger partial charge in [-0.25, -0.2) is 4.98 Å². The van der Waals surface area contributed by atoms with Gasteiger partial charge in [-0.3, -0.25) is 9.59 Å². The van der Waals surface area contributed by atoms with Gasteiger partial charge in [0.1, 0.15) is 22.5 Å². The minimum atomic E-state index is -0.443. The first-order valence-electron chi connectivity index (χ1n) is 7.42. The van der Waals surface area contributed by atoms with Crippen molar-refractivity contribution in [2.75, 3.05) is 13.1 Å². The summed E-state index contributed by atoms with van der Waals surface area (Å²) < 4.78 is 0. The van der Waals surface area contributed by atoms with Crippen molar-refractivity contribution in [3.8, 4) is 6.07 Å². The summed E-state index contributed by atoms with van der Waals surface area (Å²) in [6.45, 7) is 6.31. The highest BCUT2D eigenvalue weighted by atomic mass is 32.2. The lowest BCUT2D eigenvalue weighted by Crippen LogP contribution is -2.31. The van der Waals surface area contributed by atoms with Crippen LogP contribution in [-0.4, -0.2) is 45.0 Å². The van der Waals surface area contributed by atoms with E-state index >= 15 is 0 Å². The zero-order valence-corrected chi connectivity index (χ0v) is 14.2. The first kappa shape index (κ1) is 17.1. The predicted octanol–water partition coefficient (Wildman–Crippen LogP) is 1.59. The van der Waals surface area contributed by atoms with Gasteiger partial charge in [0, 0.05) is 34.3 Å². The number of amides is 2. The number of carbonyl (C=O) groups excluding carboxylic acids is 2. The van der Waals surface area contributed by atoms with Gasteiger partial charge in [-0.05, 0) is 20.8 Å². The highest BCUT2D eigenvalue weighted by Crippen LogP contribution is 2.38. The van der Waals surface area contributed by atoms with E-state index in [9.17, 15) is 14.9 Å². The Kier molecular flexibility index (Phi) is 5.45.